The third-order valence-corrected chi connectivity index (χ3v) is 5.10. The van der Waals surface area contributed by atoms with Gasteiger partial charge >= 0.3 is 0 Å². The predicted octanol–water partition coefficient (Wildman–Crippen LogP) is 2.41. The molecule has 3 aromatic rings. The highest BCUT2D eigenvalue weighted by Crippen LogP contribution is 2.16. The molecule has 0 unspecified atom stereocenters. The van der Waals surface area contributed by atoms with Gasteiger partial charge in [-0.3, -0.25) is 9.59 Å². The van der Waals surface area contributed by atoms with Crippen LogP contribution in [0, 0.1) is 0 Å². The Morgan fingerprint density at radius 2 is 1.90 bits per heavy atom. The van der Waals surface area contributed by atoms with Gasteiger partial charge in [0.1, 0.15) is 5.75 Å². The number of methoxy groups -OCH3 is 1. The fourth-order valence-electron chi connectivity index (χ4n) is 3.54. The molecule has 0 bridgehead atoms. The summed E-state index contributed by atoms with van der Waals surface area (Å²) >= 11 is 0. The van der Waals surface area contributed by atoms with Crippen molar-refractivity contribution < 1.29 is 14.3 Å². The summed E-state index contributed by atoms with van der Waals surface area (Å²) in [6, 6.07) is 17.4. The molecule has 0 aliphatic carbocycles. The number of amides is 2. The number of ether oxygens (including phenoxy) is 1. The van der Waals surface area contributed by atoms with Gasteiger partial charge in [-0.15, -0.1) is 0 Å². The second kappa shape index (κ2) is 8.82. The van der Waals surface area contributed by atoms with Gasteiger partial charge in [0.25, 0.3) is 5.91 Å². The second-order valence-corrected chi connectivity index (χ2v) is 7.27. The Balaban J connectivity index is 1.35. The molecule has 0 fully saturated rings. The van der Waals surface area contributed by atoms with E-state index in [4.69, 9.17) is 4.74 Å². The maximum atomic E-state index is 12.8. The number of rotatable bonds is 7. The number of fused-ring (bicyclic) bond motifs is 1. The third-order valence-electron chi connectivity index (χ3n) is 5.10. The molecule has 0 atom stereocenters. The summed E-state index contributed by atoms with van der Waals surface area (Å²) in [6.45, 7) is 2.19. The van der Waals surface area contributed by atoms with Crippen LogP contribution in [-0.4, -0.2) is 39.9 Å². The highest BCUT2D eigenvalue weighted by atomic mass is 16.5. The van der Waals surface area contributed by atoms with E-state index in [9.17, 15) is 9.59 Å². The molecular weight excluding hydrogens is 380 g/mol. The van der Waals surface area contributed by atoms with Crippen molar-refractivity contribution in [2.75, 3.05) is 13.7 Å². The standard InChI is InChI=1S/C23H24N4O3/c1-30-20-9-5-8-18(12-20)13-21(28)24-14-19-16-26-10-11-27(23(29)22(26)25-19)15-17-6-3-2-4-7-17/h2-9,12,16H,10-11,13-15H2,1H3,(H,24,28). The Bertz CT molecular complexity index is 1050. The molecule has 0 saturated carbocycles. The molecular formula is C23H24N4O3. The van der Waals surface area contributed by atoms with Gasteiger partial charge in [0.15, 0.2) is 5.82 Å². The van der Waals surface area contributed by atoms with Crippen molar-refractivity contribution in [1.82, 2.24) is 19.8 Å². The van der Waals surface area contributed by atoms with Crippen LogP contribution in [0.1, 0.15) is 27.4 Å². The SMILES string of the molecule is COc1cccc(CC(=O)NCc2cn3c(n2)C(=O)N(Cc2ccccc2)CC3)c1. The van der Waals surface area contributed by atoms with E-state index in [0.717, 1.165) is 16.9 Å². The molecule has 0 radical (unpaired) electrons. The van der Waals surface area contributed by atoms with E-state index in [-0.39, 0.29) is 24.8 Å². The van der Waals surface area contributed by atoms with E-state index in [1.165, 1.54) is 0 Å². The van der Waals surface area contributed by atoms with Crippen molar-refractivity contribution in [2.24, 2.45) is 0 Å². The molecule has 1 N–H and O–H groups in total. The number of benzene rings is 2. The normalized spacial score (nSPS) is 13.1. The summed E-state index contributed by atoms with van der Waals surface area (Å²) in [5.41, 5.74) is 2.65. The smallest absolute Gasteiger partial charge is 0.290 e. The number of aromatic nitrogens is 2. The van der Waals surface area contributed by atoms with Crippen LogP contribution in [0.3, 0.4) is 0 Å². The molecule has 2 aromatic carbocycles. The molecule has 0 saturated heterocycles. The number of nitrogens with one attached hydrogen (secondary N) is 1. The minimum atomic E-state index is -0.105. The van der Waals surface area contributed by atoms with Crippen molar-refractivity contribution in [3.05, 3.63) is 83.4 Å². The minimum Gasteiger partial charge on any atom is -0.497 e. The van der Waals surface area contributed by atoms with E-state index in [1.807, 2.05) is 70.3 Å². The highest BCUT2D eigenvalue weighted by Gasteiger charge is 2.26. The van der Waals surface area contributed by atoms with E-state index in [0.29, 0.717) is 31.2 Å². The molecule has 7 nitrogen and oxygen atoms in total. The lowest BCUT2D eigenvalue weighted by molar-refractivity contribution is -0.120. The van der Waals surface area contributed by atoms with Crippen LogP contribution in [0.25, 0.3) is 0 Å². The van der Waals surface area contributed by atoms with Crippen LogP contribution < -0.4 is 10.1 Å². The zero-order chi connectivity index (χ0) is 20.9. The van der Waals surface area contributed by atoms with Crippen LogP contribution in [-0.2, 0) is 30.8 Å². The molecule has 2 amide bonds. The lowest BCUT2D eigenvalue weighted by Gasteiger charge is -2.27. The molecule has 0 spiro atoms. The molecule has 154 valence electrons. The fraction of sp³-hybridized carbons (Fsp3) is 0.261. The van der Waals surface area contributed by atoms with Gasteiger partial charge in [-0.25, -0.2) is 4.98 Å². The van der Waals surface area contributed by atoms with Crippen molar-refractivity contribution in [2.45, 2.75) is 26.1 Å². The lowest BCUT2D eigenvalue weighted by Crippen LogP contribution is -2.39. The highest BCUT2D eigenvalue weighted by molar-refractivity contribution is 5.91. The first-order valence-electron chi connectivity index (χ1n) is 9.91. The van der Waals surface area contributed by atoms with Crippen molar-refractivity contribution in [3.63, 3.8) is 0 Å². The molecule has 4 rings (SSSR count). The van der Waals surface area contributed by atoms with E-state index in [1.54, 1.807) is 7.11 Å². The molecule has 2 heterocycles. The summed E-state index contributed by atoms with van der Waals surface area (Å²) in [6.07, 6.45) is 2.10. The fourth-order valence-corrected chi connectivity index (χ4v) is 3.54. The minimum absolute atomic E-state index is 0.0842. The Morgan fingerprint density at radius 3 is 2.70 bits per heavy atom. The van der Waals surface area contributed by atoms with Crippen molar-refractivity contribution in [1.29, 1.82) is 0 Å². The number of hydrogen-bond donors (Lipinski definition) is 1. The zero-order valence-corrected chi connectivity index (χ0v) is 16.9. The largest absolute Gasteiger partial charge is 0.497 e. The average molecular weight is 404 g/mol. The monoisotopic (exact) mass is 404 g/mol. The van der Waals surface area contributed by atoms with E-state index >= 15 is 0 Å². The number of hydrogen-bond acceptors (Lipinski definition) is 4. The van der Waals surface area contributed by atoms with Gasteiger partial charge in [-0.05, 0) is 23.3 Å². The van der Waals surface area contributed by atoms with Crippen LogP contribution in [0.5, 0.6) is 5.75 Å². The summed E-state index contributed by atoms with van der Waals surface area (Å²) in [4.78, 5) is 31.4. The Kier molecular flexibility index (Phi) is 5.79. The van der Waals surface area contributed by atoms with Gasteiger partial charge in [-0.1, -0.05) is 42.5 Å². The molecule has 1 aromatic heterocycles. The maximum Gasteiger partial charge on any atom is 0.290 e. The number of nitrogens with zero attached hydrogens (tertiary/aromatic N) is 3. The van der Waals surface area contributed by atoms with E-state index < -0.39 is 0 Å². The van der Waals surface area contributed by atoms with Gasteiger partial charge < -0.3 is 19.5 Å². The first-order chi connectivity index (χ1) is 14.6. The van der Waals surface area contributed by atoms with Crippen molar-refractivity contribution >= 4 is 11.8 Å². The molecule has 1 aliphatic rings. The first-order valence-corrected chi connectivity index (χ1v) is 9.91. The van der Waals surface area contributed by atoms with Crippen molar-refractivity contribution in [3.8, 4) is 5.75 Å². The van der Waals surface area contributed by atoms with Crippen LogP contribution in [0.4, 0.5) is 0 Å². The number of carbonyl (C=O) groups excluding carboxylic acids is 2. The summed E-state index contributed by atoms with van der Waals surface area (Å²) < 4.78 is 7.06. The predicted molar refractivity (Wildman–Crippen MR) is 112 cm³/mol. The van der Waals surface area contributed by atoms with E-state index in [2.05, 4.69) is 10.3 Å². The summed E-state index contributed by atoms with van der Waals surface area (Å²) in [7, 11) is 1.60. The maximum absolute atomic E-state index is 12.8. The Morgan fingerprint density at radius 1 is 1.10 bits per heavy atom. The molecule has 7 heteroatoms. The third kappa shape index (κ3) is 4.51. The summed E-state index contributed by atoms with van der Waals surface area (Å²) in [5, 5.41) is 2.88. The van der Waals surface area contributed by atoms with Gasteiger partial charge in [0.05, 0.1) is 25.8 Å². The lowest BCUT2D eigenvalue weighted by atomic mass is 10.1. The van der Waals surface area contributed by atoms with Gasteiger partial charge in [-0.2, -0.15) is 0 Å². The topological polar surface area (TPSA) is 76.5 Å². The number of imidazole rings is 1. The summed E-state index contributed by atoms with van der Waals surface area (Å²) in [5.74, 6) is 0.959. The quantitative estimate of drug-likeness (QED) is 0.656. The Labute approximate surface area is 175 Å². The number of carbonyl (C=O) groups is 2. The Hall–Kier alpha value is -3.61. The second-order valence-electron chi connectivity index (χ2n) is 7.27. The average Bonchev–Trinajstić information content (AvgIpc) is 3.19. The van der Waals surface area contributed by atoms with Gasteiger partial charge in [0, 0.05) is 25.8 Å². The van der Waals surface area contributed by atoms with Crippen LogP contribution in [0.15, 0.2) is 60.8 Å². The van der Waals surface area contributed by atoms with Crippen LogP contribution in [0.2, 0.25) is 0 Å². The van der Waals surface area contributed by atoms with Crippen LogP contribution >= 0.6 is 0 Å². The first kappa shape index (κ1) is 19.7. The van der Waals surface area contributed by atoms with Gasteiger partial charge in [0.2, 0.25) is 5.91 Å². The molecule has 1 aliphatic heterocycles. The molecule has 30 heavy (non-hydrogen) atoms. The zero-order valence-electron chi connectivity index (χ0n) is 16.9.